The number of nitrogens with two attached hydrogens (primary N) is 1. The predicted octanol–water partition coefficient (Wildman–Crippen LogP) is 2.94. The van der Waals surface area contributed by atoms with E-state index in [1.807, 2.05) is 54.6 Å². The normalized spacial score (nSPS) is 16.7. The number of carbonyl (C=O) groups excluding carboxylic acids is 2. The number of fused-ring (bicyclic) bond motifs is 1. The highest BCUT2D eigenvalue weighted by atomic mass is 16.3. The Morgan fingerprint density at radius 1 is 1.07 bits per heavy atom. The van der Waals surface area contributed by atoms with E-state index in [-0.39, 0.29) is 5.92 Å². The summed E-state index contributed by atoms with van der Waals surface area (Å²) in [6.45, 7) is 1.38. The van der Waals surface area contributed by atoms with Gasteiger partial charge >= 0.3 is 6.03 Å². The van der Waals surface area contributed by atoms with Crippen molar-refractivity contribution >= 4 is 23.0 Å². The van der Waals surface area contributed by atoms with Gasteiger partial charge in [0.2, 0.25) is 5.91 Å². The molecule has 1 fully saturated rings. The second-order valence-electron chi connectivity index (χ2n) is 7.00. The number of hydrogen-bond acceptors (Lipinski definition) is 5. The second-order valence-corrected chi connectivity index (χ2v) is 7.00. The van der Waals surface area contributed by atoms with Gasteiger partial charge in [0.1, 0.15) is 11.6 Å². The van der Waals surface area contributed by atoms with Crippen molar-refractivity contribution in [2.24, 2.45) is 5.73 Å². The molecular weight excluding hydrogens is 356 g/mol. The predicted molar refractivity (Wildman–Crippen MR) is 104 cm³/mol. The van der Waals surface area contributed by atoms with Gasteiger partial charge in [-0.2, -0.15) is 0 Å². The Bertz CT molecular complexity index is 944. The molecule has 3 N–H and O–H groups in total. The lowest BCUT2D eigenvalue weighted by atomic mass is 9.93. The first-order valence-corrected chi connectivity index (χ1v) is 9.36. The summed E-state index contributed by atoms with van der Waals surface area (Å²) >= 11 is 0. The number of carbonyl (C=O) groups is 2. The molecule has 28 heavy (non-hydrogen) atoms. The smallest absolute Gasteiger partial charge is 0.318 e. The number of amides is 3. The number of urea groups is 1. The molecule has 4 rings (SSSR count). The molecule has 2 aromatic carbocycles. The Morgan fingerprint density at radius 2 is 1.75 bits per heavy atom. The molecule has 0 bridgehead atoms. The fraction of sp³-hybridized carbons (Fsp3) is 0.286. The maximum atomic E-state index is 12.6. The van der Waals surface area contributed by atoms with E-state index in [4.69, 9.17) is 10.2 Å². The average Bonchev–Trinajstić information content (AvgIpc) is 3.13. The van der Waals surface area contributed by atoms with E-state index >= 15 is 0 Å². The van der Waals surface area contributed by atoms with Gasteiger partial charge in [-0.1, -0.05) is 42.5 Å². The molecule has 7 nitrogen and oxygen atoms in total. The van der Waals surface area contributed by atoms with Crippen LogP contribution >= 0.6 is 0 Å². The Morgan fingerprint density at radius 3 is 2.43 bits per heavy atom. The van der Waals surface area contributed by atoms with Gasteiger partial charge in [0.05, 0.1) is 0 Å². The molecule has 3 amide bonds. The monoisotopic (exact) mass is 378 g/mol. The van der Waals surface area contributed by atoms with Crippen molar-refractivity contribution in [2.75, 3.05) is 13.1 Å². The van der Waals surface area contributed by atoms with Crippen LogP contribution in [0.5, 0.6) is 0 Å². The van der Waals surface area contributed by atoms with Crippen molar-refractivity contribution < 1.29 is 14.0 Å². The maximum Gasteiger partial charge on any atom is 0.318 e. The van der Waals surface area contributed by atoms with Crippen LogP contribution in [0.1, 0.15) is 36.3 Å². The Labute approximate surface area is 162 Å². The van der Waals surface area contributed by atoms with Crippen molar-refractivity contribution in [2.45, 2.75) is 24.8 Å². The summed E-state index contributed by atoms with van der Waals surface area (Å²) in [4.78, 5) is 30.5. The van der Waals surface area contributed by atoms with Crippen molar-refractivity contribution in [3.63, 3.8) is 0 Å². The third-order valence-corrected chi connectivity index (χ3v) is 5.16. The van der Waals surface area contributed by atoms with Gasteiger partial charge in [0.15, 0.2) is 11.5 Å². The van der Waals surface area contributed by atoms with E-state index in [1.165, 1.54) is 0 Å². The van der Waals surface area contributed by atoms with Crippen LogP contribution in [0.15, 0.2) is 59.0 Å². The zero-order valence-electron chi connectivity index (χ0n) is 15.4. The molecule has 7 heteroatoms. The van der Waals surface area contributed by atoms with Gasteiger partial charge < -0.3 is 10.2 Å². The summed E-state index contributed by atoms with van der Waals surface area (Å²) < 4.78 is 5.92. The summed E-state index contributed by atoms with van der Waals surface area (Å²) in [7, 11) is 0. The van der Waals surface area contributed by atoms with Crippen molar-refractivity contribution in [1.29, 1.82) is 0 Å². The molecule has 1 saturated heterocycles. The summed E-state index contributed by atoms with van der Waals surface area (Å²) in [5.41, 5.74) is 7.66. The van der Waals surface area contributed by atoms with Crippen molar-refractivity contribution in [1.82, 2.24) is 15.2 Å². The molecule has 3 aromatic rings. The van der Waals surface area contributed by atoms with Crippen LogP contribution in [0, 0.1) is 0 Å². The van der Waals surface area contributed by atoms with Crippen molar-refractivity contribution in [3.8, 4) is 0 Å². The third-order valence-electron chi connectivity index (χ3n) is 5.16. The number of para-hydroxylation sites is 2. The average molecular weight is 378 g/mol. The fourth-order valence-electron chi connectivity index (χ4n) is 3.82. The SMILES string of the molecule is NC(=O)NC(=O)C(c1ccccc1)N1CCC(c2nc3ccccc3o2)CC1. The fourth-order valence-corrected chi connectivity index (χ4v) is 3.82. The van der Waals surface area contributed by atoms with Crippen LogP contribution in [0.25, 0.3) is 11.1 Å². The summed E-state index contributed by atoms with van der Waals surface area (Å²) in [6, 6.07) is 15.8. The minimum atomic E-state index is -0.840. The molecule has 0 radical (unpaired) electrons. The number of benzene rings is 2. The van der Waals surface area contributed by atoms with Gasteiger partial charge in [0.25, 0.3) is 0 Å². The zero-order valence-corrected chi connectivity index (χ0v) is 15.4. The minimum Gasteiger partial charge on any atom is -0.440 e. The number of nitrogens with zero attached hydrogens (tertiary/aromatic N) is 2. The van der Waals surface area contributed by atoms with E-state index in [9.17, 15) is 9.59 Å². The van der Waals surface area contributed by atoms with E-state index in [0.29, 0.717) is 13.1 Å². The van der Waals surface area contributed by atoms with Crippen LogP contribution in [0.2, 0.25) is 0 Å². The summed E-state index contributed by atoms with van der Waals surface area (Å²) in [6.07, 6.45) is 1.64. The number of nitrogens with one attached hydrogen (secondary N) is 1. The van der Waals surface area contributed by atoms with Gasteiger partial charge in [-0.05, 0) is 43.6 Å². The van der Waals surface area contributed by atoms with Gasteiger partial charge in [-0.3, -0.25) is 15.0 Å². The first-order chi connectivity index (χ1) is 13.6. The lowest BCUT2D eigenvalue weighted by molar-refractivity contribution is -0.126. The molecule has 144 valence electrons. The molecule has 1 aliphatic heterocycles. The molecule has 1 atom stereocenters. The molecule has 1 aliphatic rings. The maximum absolute atomic E-state index is 12.6. The molecule has 1 unspecified atom stereocenters. The largest absolute Gasteiger partial charge is 0.440 e. The lowest BCUT2D eigenvalue weighted by Gasteiger charge is -2.36. The Balaban J connectivity index is 1.50. The van der Waals surface area contributed by atoms with E-state index in [2.05, 4.69) is 15.2 Å². The van der Waals surface area contributed by atoms with Gasteiger partial charge in [-0.25, -0.2) is 9.78 Å². The van der Waals surface area contributed by atoms with E-state index in [1.54, 1.807) is 0 Å². The molecular formula is C21H22N4O3. The van der Waals surface area contributed by atoms with Gasteiger partial charge in [-0.15, -0.1) is 0 Å². The van der Waals surface area contributed by atoms with Crippen LogP contribution < -0.4 is 11.1 Å². The quantitative estimate of drug-likeness (QED) is 0.727. The van der Waals surface area contributed by atoms with Crippen LogP contribution in [-0.4, -0.2) is 34.9 Å². The summed E-state index contributed by atoms with van der Waals surface area (Å²) in [5, 5.41) is 2.23. The lowest BCUT2D eigenvalue weighted by Crippen LogP contribution is -2.46. The zero-order chi connectivity index (χ0) is 19.5. The van der Waals surface area contributed by atoms with E-state index in [0.717, 1.165) is 35.4 Å². The number of aromatic nitrogens is 1. The van der Waals surface area contributed by atoms with E-state index < -0.39 is 18.0 Å². The van der Waals surface area contributed by atoms with Crippen molar-refractivity contribution in [3.05, 3.63) is 66.1 Å². The number of oxazole rings is 1. The Kier molecular flexibility index (Phi) is 5.08. The molecule has 1 aromatic heterocycles. The first-order valence-electron chi connectivity index (χ1n) is 9.36. The number of likely N-dealkylation sites (tertiary alicyclic amines) is 1. The number of primary amides is 1. The van der Waals surface area contributed by atoms with Crippen LogP contribution in [0.3, 0.4) is 0 Å². The second kappa shape index (κ2) is 7.82. The molecule has 0 saturated carbocycles. The number of imide groups is 1. The number of rotatable bonds is 4. The first kappa shape index (κ1) is 18.2. The molecule has 0 spiro atoms. The highest BCUT2D eigenvalue weighted by molar-refractivity contribution is 5.96. The third kappa shape index (κ3) is 3.75. The Hall–Kier alpha value is -3.19. The minimum absolute atomic E-state index is 0.208. The number of hydrogen-bond donors (Lipinski definition) is 2. The topological polar surface area (TPSA) is 101 Å². The highest BCUT2D eigenvalue weighted by Crippen LogP contribution is 2.33. The number of piperidine rings is 1. The molecule has 0 aliphatic carbocycles. The van der Waals surface area contributed by atoms with Crippen LogP contribution in [-0.2, 0) is 4.79 Å². The van der Waals surface area contributed by atoms with Crippen LogP contribution in [0.4, 0.5) is 4.79 Å². The summed E-state index contributed by atoms with van der Waals surface area (Å²) in [5.74, 6) is 0.553. The highest BCUT2D eigenvalue weighted by Gasteiger charge is 2.33. The molecule has 2 heterocycles. The standard InChI is InChI=1S/C21H22N4O3/c22-21(27)24-19(26)18(14-6-2-1-3-7-14)25-12-10-15(11-13-25)20-23-16-8-4-5-9-17(16)28-20/h1-9,15,18H,10-13H2,(H3,22,24,26,27). The van der Waals surface area contributed by atoms with Gasteiger partial charge in [0, 0.05) is 5.92 Å².